The summed E-state index contributed by atoms with van der Waals surface area (Å²) in [6, 6.07) is 39.2. The van der Waals surface area contributed by atoms with Gasteiger partial charge < -0.3 is 24.8 Å². The summed E-state index contributed by atoms with van der Waals surface area (Å²) in [5.41, 5.74) is 5.77. The van der Waals surface area contributed by atoms with Crippen LogP contribution in [0.2, 0.25) is 5.02 Å². The Bertz CT molecular complexity index is 1930. The van der Waals surface area contributed by atoms with Gasteiger partial charge in [-0.2, -0.15) is 6.08 Å². The van der Waals surface area contributed by atoms with Crippen LogP contribution in [0.1, 0.15) is 70.2 Å². The number of fused-ring (bicyclic) bond motifs is 4. The first-order valence-electron chi connectivity index (χ1n) is 15.6. The smallest absolute Gasteiger partial charge is 0.109 e. The summed E-state index contributed by atoms with van der Waals surface area (Å²) < 4.78 is 1.36. The van der Waals surface area contributed by atoms with E-state index in [1.807, 2.05) is 24.3 Å². The van der Waals surface area contributed by atoms with Gasteiger partial charge in [0, 0.05) is 0 Å². The van der Waals surface area contributed by atoms with E-state index in [9.17, 15) is 0 Å². The average molecular weight is 755 g/mol. The molecule has 47 heavy (non-hydrogen) atoms. The van der Waals surface area contributed by atoms with Gasteiger partial charge in [0.15, 0.2) is 0 Å². The zero-order valence-corrected chi connectivity index (χ0v) is 32.7. The Kier molecular flexibility index (Phi) is 13.7. The topological polar surface area (TPSA) is 0 Å². The SMILES string of the molecule is CC(C)(C)c1ccc2[cH-]c3ccc(C(C)(C)C)cc3c2c1.Clc1ccc([C](=[Zr+2])c2cccc3ccccc23)cc1.[C-]1=CC=CC1.[Cl-].[Cl-]. The molecule has 0 fully saturated rings. The Morgan fingerprint density at radius 3 is 1.72 bits per heavy atom. The first kappa shape index (κ1) is 38.8. The normalized spacial score (nSPS) is 12.1. The van der Waals surface area contributed by atoms with Crippen molar-refractivity contribution in [3.05, 3.63) is 161 Å². The number of halogens is 3. The Labute approximate surface area is 313 Å². The van der Waals surface area contributed by atoms with Gasteiger partial charge in [0.05, 0.1) is 0 Å². The minimum atomic E-state index is 0. The summed E-state index contributed by atoms with van der Waals surface area (Å²) in [5.74, 6) is 0. The second-order valence-corrected chi connectivity index (χ2v) is 15.3. The van der Waals surface area contributed by atoms with Crippen molar-refractivity contribution in [3.63, 3.8) is 0 Å². The van der Waals surface area contributed by atoms with Crippen molar-refractivity contribution in [1.29, 1.82) is 0 Å². The third kappa shape index (κ3) is 9.71. The molecule has 0 N–H and O–H groups in total. The van der Waals surface area contributed by atoms with E-state index in [-0.39, 0.29) is 35.6 Å². The summed E-state index contributed by atoms with van der Waals surface area (Å²) in [5, 5.41) is 8.87. The third-order valence-electron chi connectivity index (χ3n) is 8.22. The van der Waals surface area contributed by atoms with Crippen LogP contribution in [0.15, 0.2) is 127 Å². The molecule has 1 aliphatic rings. The van der Waals surface area contributed by atoms with Crippen molar-refractivity contribution >= 4 is 47.1 Å². The molecule has 0 bridgehead atoms. The van der Waals surface area contributed by atoms with Crippen LogP contribution in [0.3, 0.4) is 0 Å². The summed E-state index contributed by atoms with van der Waals surface area (Å²) in [7, 11) is 0. The maximum atomic E-state index is 5.96. The molecule has 0 saturated carbocycles. The number of rotatable bonds is 2. The second kappa shape index (κ2) is 16.6. The Hall–Kier alpha value is -2.67. The van der Waals surface area contributed by atoms with Crippen LogP contribution in [0.25, 0.3) is 32.3 Å². The largest absolute Gasteiger partial charge is 1.00 e. The van der Waals surface area contributed by atoms with Gasteiger partial charge in [0.2, 0.25) is 0 Å². The van der Waals surface area contributed by atoms with Crippen molar-refractivity contribution in [2.45, 2.75) is 58.8 Å². The molecule has 0 heterocycles. The van der Waals surface area contributed by atoms with Crippen molar-refractivity contribution < 1.29 is 49.0 Å². The molecule has 0 spiro atoms. The van der Waals surface area contributed by atoms with Crippen LogP contribution in [0.5, 0.6) is 0 Å². The van der Waals surface area contributed by atoms with Gasteiger partial charge in [-0.15, -0.1) is 46.2 Å². The second-order valence-electron chi connectivity index (χ2n) is 13.7. The standard InChI is InChI=1S/C21H25.C17H11Cl.C5H5.2ClH.Zr/c1-20(2,3)16-9-7-14-11-15-8-10-17(21(4,5)6)13-19(15)18(14)12-16;18-16-10-8-13(9-11-16)12-15-6-3-5-14-4-1-2-7-17(14)15;1-2-4-5-3-1;;;/h7-13H,1-6H3;1-11H;1-3H,4H2;2*1H;/q-1;;-1;;;+2/p-2. The van der Waals surface area contributed by atoms with Crippen molar-refractivity contribution in [3.8, 4) is 0 Å². The molecule has 0 aliphatic heterocycles. The van der Waals surface area contributed by atoms with Gasteiger partial charge >= 0.3 is 133 Å². The zero-order valence-electron chi connectivity index (χ0n) is 28.0. The quantitative estimate of drug-likeness (QED) is 0.184. The van der Waals surface area contributed by atoms with Crippen LogP contribution in [-0.2, 0) is 35.1 Å². The minimum absolute atomic E-state index is 0. The molecule has 0 aromatic heterocycles. The first-order chi connectivity index (χ1) is 21.4. The monoisotopic (exact) mass is 752 g/mol. The van der Waals surface area contributed by atoms with E-state index in [4.69, 9.17) is 11.6 Å². The maximum absolute atomic E-state index is 5.96. The van der Waals surface area contributed by atoms with Crippen molar-refractivity contribution in [1.82, 2.24) is 0 Å². The number of benzene rings is 5. The van der Waals surface area contributed by atoms with Crippen LogP contribution in [0, 0.1) is 6.08 Å². The summed E-state index contributed by atoms with van der Waals surface area (Å²) in [6.07, 6.45) is 10.0. The first-order valence-corrected chi connectivity index (χ1v) is 17.2. The molecule has 7 rings (SSSR count). The van der Waals surface area contributed by atoms with Gasteiger partial charge in [-0.3, -0.25) is 6.08 Å². The van der Waals surface area contributed by atoms with Gasteiger partial charge in [-0.25, -0.2) is 12.2 Å². The van der Waals surface area contributed by atoms with Crippen molar-refractivity contribution in [2.75, 3.05) is 0 Å². The van der Waals surface area contributed by atoms with Gasteiger partial charge in [0.25, 0.3) is 0 Å². The van der Waals surface area contributed by atoms with E-state index in [1.54, 1.807) is 0 Å². The van der Waals surface area contributed by atoms with Crippen molar-refractivity contribution in [2.24, 2.45) is 0 Å². The molecule has 0 unspecified atom stereocenters. The van der Waals surface area contributed by atoms with E-state index < -0.39 is 0 Å². The molecule has 6 aromatic rings. The average Bonchev–Trinajstić information content (AvgIpc) is 3.72. The summed E-state index contributed by atoms with van der Waals surface area (Å²) in [6.45, 7) is 13.7. The van der Waals surface area contributed by atoms with Gasteiger partial charge in [-0.1, -0.05) is 76.9 Å². The maximum Gasteiger partial charge on any atom is -0.109 e. The molecule has 0 atom stereocenters. The third-order valence-corrected chi connectivity index (χ3v) is 9.84. The Balaban J connectivity index is 0.000000215. The molecular weight excluding hydrogens is 714 g/mol. The minimum Gasteiger partial charge on any atom is -1.00 e. The van der Waals surface area contributed by atoms with E-state index in [0.717, 1.165) is 11.4 Å². The summed E-state index contributed by atoms with van der Waals surface area (Å²) >= 11 is 7.37. The van der Waals surface area contributed by atoms with Crippen LogP contribution in [-0.4, -0.2) is 3.21 Å². The number of hydrogen-bond donors (Lipinski definition) is 0. The predicted octanol–water partition coefficient (Wildman–Crippen LogP) is 6.23. The van der Waals surface area contributed by atoms with Gasteiger partial charge in [0.1, 0.15) is 0 Å². The zero-order chi connectivity index (χ0) is 32.2. The fourth-order valence-corrected chi connectivity index (χ4v) is 6.56. The Morgan fingerprint density at radius 2 is 1.23 bits per heavy atom. The molecule has 0 saturated heterocycles. The molecule has 1 aliphatic carbocycles. The molecular formula is C43H41Cl3Zr-2. The summed E-state index contributed by atoms with van der Waals surface area (Å²) in [4.78, 5) is 0. The molecule has 0 nitrogen and oxygen atoms in total. The fraction of sp³-hybridized carbons (Fsp3) is 0.209. The Morgan fingerprint density at radius 1 is 0.681 bits per heavy atom. The molecule has 0 radical (unpaired) electrons. The predicted molar refractivity (Wildman–Crippen MR) is 195 cm³/mol. The molecule has 0 amide bonds. The van der Waals surface area contributed by atoms with E-state index in [2.05, 4.69) is 151 Å². The fourth-order valence-electron chi connectivity index (χ4n) is 5.49. The molecule has 240 valence electrons. The molecule has 6 aromatic carbocycles. The van der Waals surface area contributed by atoms with Crippen LogP contribution >= 0.6 is 11.6 Å². The van der Waals surface area contributed by atoms with Gasteiger partial charge in [-0.05, 0) is 10.8 Å². The number of allylic oxidation sites excluding steroid dienone is 4. The van der Waals surface area contributed by atoms with Crippen LogP contribution < -0.4 is 24.8 Å². The van der Waals surface area contributed by atoms with E-state index in [0.29, 0.717) is 0 Å². The van der Waals surface area contributed by atoms with Crippen LogP contribution in [0.4, 0.5) is 0 Å². The molecule has 4 heteroatoms. The van der Waals surface area contributed by atoms with E-state index in [1.165, 1.54) is 82.0 Å². The van der Waals surface area contributed by atoms with E-state index >= 15 is 0 Å². The number of hydrogen-bond acceptors (Lipinski definition) is 0.